The van der Waals surface area contributed by atoms with Gasteiger partial charge in [-0.2, -0.15) is 0 Å². The Kier molecular flexibility index (Phi) is 13.1. The number of methoxy groups -OCH3 is 1. The van der Waals surface area contributed by atoms with Gasteiger partial charge >= 0.3 is 0 Å². The Labute approximate surface area is 243 Å². The summed E-state index contributed by atoms with van der Waals surface area (Å²) in [5.74, 6) is 0.599. The van der Waals surface area contributed by atoms with E-state index in [0.29, 0.717) is 36.2 Å². The third kappa shape index (κ3) is 10.1. The third-order valence-electron chi connectivity index (χ3n) is 7.71. The highest BCUT2D eigenvalue weighted by atomic mass is 16.5. The van der Waals surface area contributed by atoms with Gasteiger partial charge in [0.2, 0.25) is 5.56 Å². The minimum absolute atomic E-state index is 0.0661. The van der Waals surface area contributed by atoms with E-state index < -0.39 is 0 Å². The van der Waals surface area contributed by atoms with E-state index in [1.54, 1.807) is 19.2 Å². The molecule has 2 aromatic carbocycles. The van der Waals surface area contributed by atoms with E-state index in [-0.39, 0.29) is 17.2 Å². The number of phenols is 1. The Bertz CT molecular complexity index is 1320. The molecule has 0 aliphatic carbocycles. The van der Waals surface area contributed by atoms with Crippen LogP contribution in [0.25, 0.3) is 10.9 Å². The SMILES string of the molecule is CCC(CCC=CCN(C)CCNC(=O)c1ccc(CNCCc2ccc(O)c3[nH]c(=O)ccc23)cc1)C(C)OC. The minimum atomic E-state index is -0.236. The number of rotatable bonds is 17. The number of aromatic amines is 1. The summed E-state index contributed by atoms with van der Waals surface area (Å²) in [6.07, 6.45) is 8.82. The molecule has 8 heteroatoms. The summed E-state index contributed by atoms with van der Waals surface area (Å²) in [5, 5.41) is 17.3. The van der Waals surface area contributed by atoms with Gasteiger partial charge in [0, 0.05) is 50.3 Å². The second-order valence-electron chi connectivity index (χ2n) is 10.7. The van der Waals surface area contributed by atoms with Gasteiger partial charge in [0.25, 0.3) is 5.91 Å². The van der Waals surface area contributed by atoms with Crippen molar-refractivity contribution in [3.63, 3.8) is 0 Å². The molecule has 2 unspecified atom stereocenters. The number of likely N-dealkylation sites (N-methyl/N-ethyl adjacent to an activating group) is 1. The minimum Gasteiger partial charge on any atom is -0.506 e. The topological polar surface area (TPSA) is 107 Å². The van der Waals surface area contributed by atoms with E-state index in [1.807, 2.05) is 30.3 Å². The Balaban J connectivity index is 1.33. The molecule has 1 aromatic heterocycles. The second kappa shape index (κ2) is 16.7. The van der Waals surface area contributed by atoms with Crippen LogP contribution >= 0.6 is 0 Å². The number of pyridine rings is 1. The van der Waals surface area contributed by atoms with E-state index in [0.717, 1.165) is 61.8 Å². The highest BCUT2D eigenvalue weighted by Gasteiger charge is 2.13. The first kappa shape index (κ1) is 32.1. The molecule has 0 aliphatic rings. The van der Waals surface area contributed by atoms with Crippen molar-refractivity contribution in [1.82, 2.24) is 20.5 Å². The third-order valence-corrected chi connectivity index (χ3v) is 7.71. The highest BCUT2D eigenvalue weighted by molar-refractivity contribution is 5.94. The predicted molar refractivity (Wildman–Crippen MR) is 167 cm³/mol. The lowest BCUT2D eigenvalue weighted by molar-refractivity contribution is 0.0619. The number of H-pyrrole nitrogens is 1. The number of nitrogens with one attached hydrogen (secondary N) is 3. The van der Waals surface area contributed by atoms with Crippen LogP contribution in [0.2, 0.25) is 0 Å². The van der Waals surface area contributed by atoms with Gasteiger partial charge in [-0.25, -0.2) is 0 Å². The summed E-state index contributed by atoms with van der Waals surface area (Å²) in [5.41, 5.74) is 3.02. The molecule has 3 aromatic rings. The molecule has 1 heterocycles. The van der Waals surface area contributed by atoms with E-state index >= 15 is 0 Å². The molecular formula is C33H46N4O4. The van der Waals surface area contributed by atoms with Crippen LogP contribution in [0.1, 0.15) is 54.6 Å². The first-order valence-electron chi connectivity index (χ1n) is 14.6. The van der Waals surface area contributed by atoms with Crippen molar-refractivity contribution >= 4 is 16.8 Å². The fraction of sp³-hybridized carbons (Fsp3) is 0.455. The molecule has 41 heavy (non-hydrogen) atoms. The number of amides is 1. The van der Waals surface area contributed by atoms with Crippen LogP contribution in [0.15, 0.2) is 65.5 Å². The number of aromatic hydroxyl groups is 1. The molecule has 0 saturated carbocycles. The number of hydrogen-bond acceptors (Lipinski definition) is 6. The van der Waals surface area contributed by atoms with Gasteiger partial charge < -0.3 is 30.4 Å². The quantitative estimate of drug-likeness (QED) is 0.141. The Hall–Kier alpha value is -3.46. The summed E-state index contributed by atoms with van der Waals surface area (Å²) < 4.78 is 5.47. The fourth-order valence-corrected chi connectivity index (χ4v) is 4.94. The normalized spacial score (nSPS) is 13.2. The van der Waals surface area contributed by atoms with Gasteiger partial charge in [0.05, 0.1) is 11.6 Å². The maximum atomic E-state index is 12.6. The molecule has 2 atom stereocenters. The van der Waals surface area contributed by atoms with Crippen LogP contribution in [-0.4, -0.2) is 67.3 Å². The van der Waals surface area contributed by atoms with Gasteiger partial charge in [-0.1, -0.05) is 43.7 Å². The maximum Gasteiger partial charge on any atom is 0.251 e. The number of benzene rings is 2. The molecule has 0 spiro atoms. The van der Waals surface area contributed by atoms with E-state index in [1.165, 1.54) is 6.07 Å². The molecule has 0 bridgehead atoms. The van der Waals surface area contributed by atoms with Crippen molar-refractivity contribution in [2.75, 3.05) is 40.3 Å². The molecule has 8 nitrogen and oxygen atoms in total. The summed E-state index contributed by atoms with van der Waals surface area (Å²) in [6, 6.07) is 14.4. The summed E-state index contributed by atoms with van der Waals surface area (Å²) in [7, 11) is 3.84. The first-order valence-corrected chi connectivity index (χ1v) is 14.6. The number of nitrogens with zero attached hydrogens (tertiary/aromatic N) is 1. The van der Waals surface area contributed by atoms with Gasteiger partial charge in [0.15, 0.2) is 0 Å². The number of carbonyl (C=O) groups excluding carboxylic acids is 1. The Morgan fingerprint density at radius 1 is 1.10 bits per heavy atom. The molecule has 0 saturated heterocycles. The lowest BCUT2D eigenvalue weighted by Gasteiger charge is -2.20. The number of allylic oxidation sites excluding steroid dienone is 1. The number of ether oxygens (including phenoxy) is 1. The zero-order valence-corrected chi connectivity index (χ0v) is 24.9. The molecule has 3 rings (SSSR count). The average Bonchev–Trinajstić information content (AvgIpc) is 2.98. The van der Waals surface area contributed by atoms with Crippen LogP contribution in [0.3, 0.4) is 0 Å². The number of aromatic nitrogens is 1. The number of carbonyl (C=O) groups is 1. The predicted octanol–water partition coefficient (Wildman–Crippen LogP) is 4.63. The number of fused-ring (bicyclic) bond motifs is 1. The van der Waals surface area contributed by atoms with Crippen molar-refractivity contribution in [2.24, 2.45) is 5.92 Å². The monoisotopic (exact) mass is 562 g/mol. The maximum absolute atomic E-state index is 12.6. The lowest BCUT2D eigenvalue weighted by Crippen LogP contribution is -2.33. The first-order chi connectivity index (χ1) is 19.8. The number of phenolic OH excluding ortho intramolecular Hbond substituents is 1. The van der Waals surface area contributed by atoms with Gasteiger partial charge in [-0.3, -0.25) is 9.59 Å². The van der Waals surface area contributed by atoms with Crippen LogP contribution in [-0.2, 0) is 17.7 Å². The lowest BCUT2D eigenvalue weighted by atomic mass is 9.95. The van der Waals surface area contributed by atoms with E-state index in [9.17, 15) is 14.7 Å². The zero-order valence-electron chi connectivity index (χ0n) is 24.9. The molecule has 0 fully saturated rings. The van der Waals surface area contributed by atoms with Crippen LogP contribution in [0, 0.1) is 5.92 Å². The second-order valence-corrected chi connectivity index (χ2v) is 10.7. The molecule has 4 N–H and O–H groups in total. The van der Waals surface area contributed by atoms with Gasteiger partial charge in [0.1, 0.15) is 5.75 Å². The Morgan fingerprint density at radius 2 is 1.88 bits per heavy atom. The standard InChI is InChI=1S/C33H46N4O4/c1-5-26(24(2)41-4)9-7-6-8-21-37(3)22-20-35-33(40)28-12-10-25(11-13-28)23-34-19-18-27-14-16-30(38)32-29(27)15-17-31(39)36-32/h6,8,10-17,24,26,34,38H,5,7,9,18-23H2,1-4H3,(H,35,40)(H,36,39). The van der Waals surface area contributed by atoms with Crippen molar-refractivity contribution in [3.05, 3.63) is 87.7 Å². The van der Waals surface area contributed by atoms with Crippen LogP contribution in [0.4, 0.5) is 0 Å². The largest absolute Gasteiger partial charge is 0.506 e. The smallest absolute Gasteiger partial charge is 0.251 e. The van der Waals surface area contributed by atoms with Crippen molar-refractivity contribution in [3.8, 4) is 5.75 Å². The Morgan fingerprint density at radius 3 is 2.61 bits per heavy atom. The van der Waals surface area contributed by atoms with Gasteiger partial charge in [-0.15, -0.1) is 0 Å². The molecule has 0 aliphatic heterocycles. The van der Waals surface area contributed by atoms with E-state index in [2.05, 4.69) is 53.6 Å². The summed E-state index contributed by atoms with van der Waals surface area (Å²) >= 11 is 0. The average molecular weight is 563 g/mol. The van der Waals surface area contributed by atoms with Crippen LogP contribution < -0.4 is 16.2 Å². The molecule has 0 radical (unpaired) electrons. The summed E-state index contributed by atoms with van der Waals surface area (Å²) in [6.45, 7) is 8.00. The fourth-order valence-electron chi connectivity index (χ4n) is 4.94. The van der Waals surface area contributed by atoms with E-state index in [4.69, 9.17) is 4.74 Å². The van der Waals surface area contributed by atoms with Gasteiger partial charge in [-0.05, 0) is 81.1 Å². The summed E-state index contributed by atoms with van der Waals surface area (Å²) in [4.78, 5) is 29.1. The number of hydrogen-bond donors (Lipinski definition) is 4. The highest BCUT2D eigenvalue weighted by Crippen LogP contribution is 2.24. The van der Waals surface area contributed by atoms with Crippen molar-refractivity contribution < 1.29 is 14.6 Å². The van der Waals surface area contributed by atoms with Crippen LogP contribution in [0.5, 0.6) is 5.75 Å². The molecule has 1 amide bonds. The molecule has 222 valence electrons. The van der Waals surface area contributed by atoms with Crippen molar-refractivity contribution in [1.29, 1.82) is 0 Å². The molecular weight excluding hydrogens is 516 g/mol. The zero-order chi connectivity index (χ0) is 29.6. The van der Waals surface area contributed by atoms with Crippen molar-refractivity contribution in [2.45, 2.75) is 52.2 Å².